The highest BCUT2D eigenvalue weighted by Crippen LogP contribution is 2.40. The maximum Gasteiger partial charge on any atom is 0.323 e. The van der Waals surface area contributed by atoms with Crippen LogP contribution in [-0.2, 0) is 20.2 Å². The van der Waals surface area contributed by atoms with Gasteiger partial charge in [-0.05, 0) is 40.6 Å². The number of Topliss-reactive ketones (excluding diaryl/α,β-unsaturated/α-hetero) is 1. The molecule has 2 unspecified atom stereocenters. The quantitative estimate of drug-likeness (QED) is 0.310. The van der Waals surface area contributed by atoms with E-state index in [0.717, 1.165) is 11.8 Å². The molecule has 212 valence electrons. The maximum absolute atomic E-state index is 13.6. The molecule has 0 aliphatic carbocycles. The number of carbonyl (C=O) groups is 2. The Morgan fingerprint density at radius 3 is 2.27 bits per heavy atom. The van der Waals surface area contributed by atoms with Crippen molar-refractivity contribution in [2.75, 3.05) is 41.9 Å². The number of ether oxygens (including phenoxy) is 2. The first-order valence-electron chi connectivity index (χ1n) is 13.0. The monoisotopic (exact) mass is 566 g/mol. The number of fused-ring (bicyclic) bond motifs is 3. The predicted octanol–water partition coefficient (Wildman–Crippen LogP) is 4.48. The van der Waals surface area contributed by atoms with Crippen LogP contribution in [0, 0.1) is 0 Å². The summed E-state index contributed by atoms with van der Waals surface area (Å²) in [6.45, 7) is 6.95. The van der Waals surface area contributed by atoms with Gasteiger partial charge in [-0.1, -0.05) is 45.0 Å². The fourth-order valence-corrected chi connectivity index (χ4v) is 5.91. The number of anilines is 3. The van der Waals surface area contributed by atoms with Gasteiger partial charge in [-0.25, -0.2) is 13.2 Å². The van der Waals surface area contributed by atoms with Crippen LogP contribution in [0.4, 0.5) is 21.9 Å². The van der Waals surface area contributed by atoms with Gasteiger partial charge in [0.15, 0.2) is 11.5 Å². The molecule has 2 amide bonds. The molecule has 11 heteroatoms. The molecule has 5 rings (SSSR count). The first-order valence-corrected chi connectivity index (χ1v) is 14.9. The van der Waals surface area contributed by atoms with Crippen LogP contribution in [0.3, 0.4) is 0 Å². The van der Waals surface area contributed by atoms with Crippen LogP contribution in [0.5, 0.6) is 5.75 Å². The summed E-state index contributed by atoms with van der Waals surface area (Å²) in [4.78, 5) is 26.9. The van der Waals surface area contributed by atoms with Crippen molar-refractivity contribution in [2.45, 2.75) is 44.2 Å². The lowest BCUT2D eigenvalue weighted by Gasteiger charge is -2.26. The van der Waals surface area contributed by atoms with Crippen LogP contribution in [0.15, 0.2) is 48.5 Å². The van der Waals surface area contributed by atoms with Crippen molar-refractivity contribution in [1.82, 2.24) is 5.32 Å². The van der Waals surface area contributed by atoms with E-state index in [0.29, 0.717) is 47.3 Å². The highest BCUT2D eigenvalue weighted by Gasteiger charge is 2.52. The summed E-state index contributed by atoms with van der Waals surface area (Å²) in [7, 11) is -2.21. The van der Waals surface area contributed by atoms with E-state index in [2.05, 4.69) is 20.7 Å². The predicted molar refractivity (Wildman–Crippen MR) is 156 cm³/mol. The average molecular weight is 567 g/mol. The number of benzene rings is 3. The Bertz CT molecular complexity index is 1600. The number of ketones is 1. The van der Waals surface area contributed by atoms with Gasteiger partial charge in [0.2, 0.25) is 10.0 Å². The van der Waals surface area contributed by atoms with Crippen LogP contribution in [-0.4, -0.2) is 58.4 Å². The van der Waals surface area contributed by atoms with Gasteiger partial charge in [-0.15, -0.1) is 0 Å². The molecule has 3 aromatic rings. The number of hydrogen-bond acceptors (Lipinski definition) is 7. The third-order valence-electron chi connectivity index (χ3n) is 7.35. The first-order chi connectivity index (χ1) is 18.8. The minimum absolute atomic E-state index is 0.0677. The second-order valence-electron chi connectivity index (χ2n) is 11.4. The van der Waals surface area contributed by atoms with Crippen molar-refractivity contribution in [2.24, 2.45) is 0 Å². The molecule has 10 nitrogen and oxygen atoms in total. The SMILES string of the molecule is COc1c(NC(=O)Nc2ccc(C(=O)C34CNC(CO3)C4)c3ccccc23)cc(C(C)(C)C)cc1NS(C)(=O)=O. The minimum Gasteiger partial charge on any atom is -0.492 e. The summed E-state index contributed by atoms with van der Waals surface area (Å²) in [5, 5.41) is 10.4. The second-order valence-corrected chi connectivity index (χ2v) is 13.2. The smallest absolute Gasteiger partial charge is 0.323 e. The number of morpholine rings is 1. The Morgan fingerprint density at radius 1 is 1.02 bits per heavy atom. The number of rotatable bonds is 7. The number of sulfonamides is 1. The summed E-state index contributed by atoms with van der Waals surface area (Å²) in [5.41, 5.74) is 1.17. The van der Waals surface area contributed by atoms with E-state index in [-0.39, 0.29) is 28.7 Å². The average Bonchev–Trinajstić information content (AvgIpc) is 3.50. The zero-order valence-electron chi connectivity index (χ0n) is 23.2. The minimum atomic E-state index is -3.61. The highest BCUT2D eigenvalue weighted by molar-refractivity contribution is 7.92. The van der Waals surface area contributed by atoms with Crippen LogP contribution in [0.25, 0.3) is 10.8 Å². The van der Waals surface area contributed by atoms with E-state index in [1.54, 1.807) is 24.3 Å². The van der Waals surface area contributed by atoms with Gasteiger partial charge in [0.1, 0.15) is 5.60 Å². The van der Waals surface area contributed by atoms with Gasteiger partial charge in [-0.3, -0.25) is 9.52 Å². The van der Waals surface area contributed by atoms with E-state index >= 15 is 0 Å². The Hall–Kier alpha value is -3.67. The second kappa shape index (κ2) is 10.1. The Balaban J connectivity index is 1.46. The van der Waals surface area contributed by atoms with Gasteiger partial charge in [0.05, 0.1) is 37.0 Å². The Morgan fingerprint density at radius 2 is 1.70 bits per heavy atom. The van der Waals surface area contributed by atoms with E-state index in [9.17, 15) is 18.0 Å². The van der Waals surface area contributed by atoms with Gasteiger partial charge >= 0.3 is 6.03 Å². The molecule has 2 atom stereocenters. The number of amides is 2. The fraction of sp³-hybridized carbons (Fsp3) is 0.379. The summed E-state index contributed by atoms with van der Waals surface area (Å²) in [5.74, 6) is 0.112. The molecule has 2 aliphatic rings. The van der Waals surface area contributed by atoms with Crippen LogP contribution < -0.4 is 25.4 Å². The maximum atomic E-state index is 13.6. The summed E-state index contributed by atoms with van der Waals surface area (Å²) >= 11 is 0. The molecule has 2 fully saturated rings. The molecule has 0 saturated carbocycles. The Labute approximate surface area is 233 Å². The van der Waals surface area contributed by atoms with Crippen molar-refractivity contribution in [3.8, 4) is 5.75 Å². The lowest BCUT2D eigenvalue weighted by molar-refractivity contribution is 0.00425. The lowest BCUT2D eigenvalue weighted by Crippen LogP contribution is -2.45. The standard InChI is InChI=1S/C29H34N4O6S/c1-28(2,3)17-12-23(25(38-4)24(13-17)33-40(5,36)37)32-27(35)31-22-11-10-21(19-8-6-7-9-20(19)22)26(34)29-14-18(15-39-29)30-16-29/h6-13,18,30,33H,14-16H2,1-5H3,(H2,31,32,35). The largest absolute Gasteiger partial charge is 0.492 e. The number of methoxy groups -OCH3 is 1. The molecule has 40 heavy (non-hydrogen) atoms. The number of nitrogens with one attached hydrogen (secondary N) is 4. The van der Waals surface area contributed by atoms with E-state index in [1.165, 1.54) is 7.11 Å². The normalized spacial score (nSPS) is 20.4. The van der Waals surface area contributed by atoms with Gasteiger partial charge in [0.25, 0.3) is 0 Å². The first kappa shape index (κ1) is 27.9. The van der Waals surface area contributed by atoms with Crippen molar-refractivity contribution in [3.05, 3.63) is 59.7 Å². The van der Waals surface area contributed by atoms with Crippen molar-refractivity contribution in [3.63, 3.8) is 0 Å². The van der Waals surface area contributed by atoms with E-state index < -0.39 is 21.7 Å². The molecule has 3 aromatic carbocycles. The third-order valence-corrected chi connectivity index (χ3v) is 7.94. The van der Waals surface area contributed by atoms with E-state index in [4.69, 9.17) is 9.47 Å². The van der Waals surface area contributed by atoms with Crippen molar-refractivity contribution >= 4 is 49.7 Å². The molecule has 0 radical (unpaired) electrons. The topological polar surface area (TPSA) is 135 Å². The van der Waals surface area contributed by atoms with Crippen molar-refractivity contribution < 1.29 is 27.5 Å². The molecule has 0 spiro atoms. The molecule has 2 aliphatic heterocycles. The van der Waals surface area contributed by atoms with Gasteiger partial charge in [-0.2, -0.15) is 0 Å². The number of carbonyl (C=O) groups excluding carboxylic acids is 2. The zero-order valence-corrected chi connectivity index (χ0v) is 24.0. The lowest BCUT2D eigenvalue weighted by atomic mass is 9.86. The third kappa shape index (κ3) is 5.36. The van der Waals surface area contributed by atoms with Gasteiger partial charge in [0, 0.05) is 30.0 Å². The fourth-order valence-electron chi connectivity index (χ4n) is 5.36. The van der Waals surface area contributed by atoms with Gasteiger partial charge < -0.3 is 25.4 Å². The zero-order chi connectivity index (χ0) is 28.9. The summed E-state index contributed by atoms with van der Waals surface area (Å²) in [6.07, 6.45) is 1.70. The number of urea groups is 1. The highest BCUT2D eigenvalue weighted by atomic mass is 32.2. The summed E-state index contributed by atoms with van der Waals surface area (Å²) < 4.78 is 38.0. The molecular formula is C29H34N4O6S. The molecule has 4 N–H and O–H groups in total. The van der Waals surface area contributed by atoms with Crippen LogP contribution in [0.2, 0.25) is 0 Å². The van der Waals surface area contributed by atoms with Crippen molar-refractivity contribution in [1.29, 1.82) is 0 Å². The number of hydrogen-bond donors (Lipinski definition) is 4. The molecule has 0 aromatic heterocycles. The summed E-state index contributed by atoms with van der Waals surface area (Å²) in [6, 6.07) is 13.9. The van der Waals surface area contributed by atoms with E-state index in [1.807, 2.05) is 45.0 Å². The Kier molecular flexibility index (Phi) is 7.01. The molecule has 2 heterocycles. The molecule has 2 saturated heterocycles. The van der Waals surface area contributed by atoms with Crippen LogP contribution in [0.1, 0.15) is 43.1 Å². The van der Waals surface area contributed by atoms with Crippen LogP contribution >= 0.6 is 0 Å². The molecule has 2 bridgehead atoms. The molecular weight excluding hydrogens is 532 g/mol.